The minimum atomic E-state index is -2.46. The number of hydrogen-bond acceptors (Lipinski definition) is 4. The summed E-state index contributed by atoms with van der Waals surface area (Å²) < 4.78 is 27.0. The zero-order chi connectivity index (χ0) is 13.7. The highest BCUT2D eigenvalue weighted by atomic mass is 32.8. The molecule has 19 heavy (non-hydrogen) atoms. The molecule has 0 atom stereocenters. The monoisotopic (exact) mass is 291 g/mol. The molecule has 0 saturated carbocycles. The molecule has 0 N–H and O–H groups in total. The van der Waals surface area contributed by atoms with E-state index in [0.29, 0.717) is 0 Å². The van der Waals surface area contributed by atoms with Crippen molar-refractivity contribution in [3.63, 3.8) is 0 Å². The van der Waals surface area contributed by atoms with Crippen molar-refractivity contribution in [2.75, 3.05) is 0 Å². The van der Waals surface area contributed by atoms with Gasteiger partial charge in [0.1, 0.15) is 0 Å². The number of para-hydroxylation sites is 1. The van der Waals surface area contributed by atoms with Gasteiger partial charge in [-0.05, 0) is 11.5 Å². The number of nitrogens with zero attached hydrogens (tertiary/aromatic N) is 1. The van der Waals surface area contributed by atoms with Crippen LogP contribution in [0.25, 0.3) is 21.7 Å². The van der Waals surface area contributed by atoms with Crippen LogP contribution in [0, 0.1) is 0 Å². The topological polar surface area (TPSA) is 64.1 Å². The first-order valence-electron chi connectivity index (χ1n) is 5.34. The summed E-state index contributed by atoms with van der Waals surface area (Å²) in [5.41, 5.74) is 1.06. The van der Waals surface area contributed by atoms with E-state index in [4.69, 9.17) is 12.6 Å². The Morgan fingerprint density at radius 1 is 0.895 bits per heavy atom. The molecular weight excluding hydrogens is 282 g/mol. The molecule has 0 saturated heterocycles. The molecule has 0 fully saturated rings. The van der Waals surface area contributed by atoms with Gasteiger partial charge in [0.25, 0.3) is 0 Å². The normalized spacial score (nSPS) is 9.68. The molecule has 6 heteroatoms. The highest BCUT2D eigenvalue weighted by Gasteiger charge is 1.98. The first-order valence-corrected chi connectivity index (χ1v) is 7.68. The summed E-state index contributed by atoms with van der Waals surface area (Å²) in [5.74, 6) is 0. The summed E-state index contributed by atoms with van der Waals surface area (Å²) >= 11 is 0. The van der Waals surface area contributed by atoms with Gasteiger partial charge in [-0.3, -0.25) is 4.98 Å². The van der Waals surface area contributed by atoms with Crippen LogP contribution in [-0.4, -0.2) is 17.6 Å². The Morgan fingerprint density at radius 3 is 2.16 bits per heavy atom. The van der Waals surface area contributed by atoms with E-state index in [1.807, 2.05) is 24.4 Å². The van der Waals surface area contributed by atoms with E-state index >= 15 is 0 Å². The third-order valence-electron chi connectivity index (χ3n) is 2.55. The highest BCUT2D eigenvalue weighted by molar-refractivity contribution is 8.17. The molecule has 0 bridgehead atoms. The van der Waals surface area contributed by atoms with Gasteiger partial charge in [0, 0.05) is 17.0 Å². The van der Waals surface area contributed by atoms with E-state index < -0.39 is 19.5 Å². The SMILES string of the molecule is O=S=S(=O)=O.c1ccc2c(c1)cnc1ccccc12. The first kappa shape index (κ1) is 13.4. The lowest BCUT2D eigenvalue weighted by Gasteiger charge is -2.01. The van der Waals surface area contributed by atoms with Gasteiger partial charge < -0.3 is 0 Å². The van der Waals surface area contributed by atoms with Crippen LogP contribution in [0.5, 0.6) is 0 Å². The van der Waals surface area contributed by atoms with E-state index in [2.05, 4.69) is 35.3 Å². The van der Waals surface area contributed by atoms with Gasteiger partial charge in [-0.2, -0.15) is 12.6 Å². The molecule has 1 heterocycles. The van der Waals surface area contributed by atoms with Crippen LogP contribution >= 0.6 is 0 Å². The Labute approximate surface area is 114 Å². The number of hydrogen-bond donors (Lipinski definition) is 0. The Balaban J connectivity index is 0.000000232. The van der Waals surface area contributed by atoms with E-state index in [1.54, 1.807) is 0 Å². The van der Waals surface area contributed by atoms with Crippen molar-refractivity contribution in [1.29, 1.82) is 0 Å². The average molecular weight is 291 g/mol. The number of fused-ring (bicyclic) bond motifs is 3. The van der Waals surface area contributed by atoms with Crippen molar-refractivity contribution in [2.24, 2.45) is 0 Å². The lowest BCUT2D eigenvalue weighted by molar-refractivity contribution is 0.626. The third-order valence-corrected chi connectivity index (χ3v) is 3.00. The molecule has 1 aromatic heterocycles. The van der Waals surface area contributed by atoms with Crippen LogP contribution in [0.1, 0.15) is 0 Å². The molecule has 0 aliphatic heterocycles. The summed E-state index contributed by atoms with van der Waals surface area (Å²) in [7, 11) is -2.92. The van der Waals surface area contributed by atoms with Gasteiger partial charge in [0.05, 0.1) is 5.52 Å². The molecule has 0 spiro atoms. The molecule has 4 nitrogen and oxygen atoms in total. The maximum atomic E-state index is 9.02. The van der Waals surface area contributed by atoms with Crippen LogP contribution in [0.3, 0.4) is 0 Å². The van der Waals surface area contributed by atoms with Gasteiger partial charge in [0.15, 0.2) is 0 Å². The molecule has 96 valence electrons. The predicted molar refractivity (Wildman–Crippen MR) is 76.3 cm³/mol. The molecule has 2 aromatic carbocycles. The number of pyridine rings is 1. The minimum absolute atomic E-state index is 0.454. The van der Waals surface area contributed by atoms with Crippen LogP contribution < -0.4 is 0 Å². The Bertz CT molecular complexity index is 822. The zero-order valence-electron chi connectivity index (χ0n) is 9.68. The van der Waals surface area contributed by atoms with Crippen LogP contribution in [0.4, 0.5) is 0 Å². The van der Waals surface area contributed by atoms with Gasteiger partial charge in [-0.1, -0.05) is 42.5 Å². The summed E-state index contributed by atoms with van der Waals surface area (Å²) in [5, 5.41) is 3.70. The summed E-state index contributed by atoms with van der Waals surface area (Å²) in [6, 6.07) is 16.6. The largest absolute Gasteiger partial charge is 0.311 e. The fraction of sp³-hybridized carbons (Fsp3) is 0. The summed E-state index contributed by atoms with van der Waals surface area (Å²) in [6.45, 7) is 0. The molecule has 0 aliphatic carbocycles. The van der Waals surface area contributed by atoms with E-state index in [9.17, 15) is 0 Å². The lowest BCUT2D eigenvalue weighted by Crippen LogP contribution is -1.80. The summed E-state index contributed by atoms with van der Waals surface area (Å²) in [4.78, 5) is 4.41. The number of rotatable bonds is 0. The third kappa shape index (κ3) is 3.24. The fourth-order valence-corrected chi connectivity index (χ4v) is 1.81. The molecule has 0 aliphatic rings. The number of benzene rings is 2. The maximum Gasteiger partial charge on any atom is 0.311 e. The van der Waals surface area contributed by atoms with E-state index in [1.165, 1.54) is 16.2 Å². The van der Waals surface area contributed by atoms with Crippen molar-refractivity contribution >= 4 is 41.2 Å². The standard InChI is InChI=1S/C13H9N.O3S2/c1-2-6-11-10(5-1)9-14-13-8-4-3-7-12(11)13;1-4-5(2)3/h1-9H;. The van der Waals surface area contributed by atoms with Crippen molar-refractivity contribution in [3.8, 4) is 0 Å². The summed E-state index contributed by atoms with van der Waals surface area (Å²) in [6.07, 6.45) is 1.93. The smallest absolute Gasteiger partial charge is 0.256 e. The van der Waals surface area contributed by atoms with Crippen LogP contribution in [0.15, 0.2) is 54.7 Å². The second-order valence-corrected chi connectivity index (χ2v) is 5.40. The quantitative estimate of drug-likeness (QED) is 0.597. The van der Waals surface area contributed by atoms with Gasteiger partial charge >= 0.3 is 9.26 Å². The minimum Gasteiger partial charge on any atom is -0.256 e. The zero-order valence-corrected chi connectivity index (χ0v) is 11.3. The highest BCUT2D eigenvalue weighted by Crippen LogP contribution is 2.22. The lowest BCUT2D eigenvalue weighted by atomic mass is 10.1. The number of aromatic nitrogens is 1. The second-order valence-electron chi connectivity index (χ2n) is 3.63. The van der Waals surface area contributed by atoms with Gasteiger partial charge in [0.2, 0.25) is 10.2 Å². The van der Waals surface area contributed by atoms with E-state index in [0.717, 1.165) is 5.52 Å². The predicted octanol–water partition coefficient (Wildman–Crippen LogP) is 2.38. The van der Waals surface area contributed by atoms with Crippen molar-refractivity contribution in [1.82, 2.24) is 4.98 Å². The molecule has 3 rings (SSSR count). The van der Waals surface area contributed by atoms with Crippen LogP contribution in [0.2, 0.25) is 0 Å². The van der Waals surface area contributed by atoms with Crippen molar-refractivity contribution in [2.45, 2.75) is 0 Å². The Hall–Kier alpha value is -2.05. The Kier molecular flexibility index (Phi) is 4.38. The Morgan fingerprint density at radius 2 is 1.47 bits per heavy atom. The van der Waals surface area contributed by atoms with Gasteiger partial charge in [-0.15, -0.1) is 0 Å². The van der Waals surface area contributed by atoms with Gasteiger partial charge in [-0.25, -0.2) is 0 Å². The molecular formula is C13H9NO3S2. The molecule has 3 aromatic rings. The van der Waals surface area contributed by atoms with E-state index in [-0.39, 0.29) is 0 Å². The van der Waals surface area contributed by atoms with Crippen LogP contribution in [-0.2, 0) is 19.5 Å². The van der Waals surface area contributed by atoms with Crippen molar-refractivity contribution < 1.29 is 12.6 Å². The van der Waals surface area contributed by atoms with Crippen molar-refractivity contribution in [3.05, 3.63) is 54.7 Å². The average Bonchev–Trinajstić information content (AvgIpc) is 2.48. The fourth-order valence-electron chi connectivity index (χ4n) is 1.81. The first-order chi connectivity index (χ1) is 9.22. The molecule has 0 amide bonds. The molecule has 0 radical (unpaired) electrons. The maximum absolute atomic E-state index is 9.02. The molecule has 0 unspecified atom stereocenters. The second kappa shape index (κ2) is 6.21.